The highest BCUT2D eigenvalue weighted by atomic mass is 16.5. The van der Waals surface area contributed by atoms with Gasteiger partial charge in [0.2, 0.25) is 0 Å². The molecule has 8 nitrogen and oxygen atoms in total. The van der Waals surface area contributed by atoms with Crippen LogP contribution in [0.15, 0.2) is 67.0 Å². The second-order valence-corrected chi connectivity index (χ2v) is 6.96. The summed E-state index contributed by atoms with van der Waals surface area (Å²) in [7, 11) is 3.27. The van der Waals surface area contributed by atoms with Crippen molar-refractivity contribution in [2.24, 2.45) is 0 Å². The minimum absolute atomic E-state index is 0.0903. The van der Waals surface area contributed by atoms with Gasteiger partial charge in [-0.2, -0.15) is 5.10 Å². The molecule has 4 aromatic rings. The first-order valence-electron chi connectivity index (χ1n) is 9.66. The van der Waals surface area contributed by atoms with Crippen molar-refractivity contribution in [1.29, 1.82) is 0 Å². The van der Waals surface area contributed by atoms with Crippen molar-refractivity contribution >= 4 is 17.3 Å². The van der Waals surface area contributed by atoms with Crippen molar-refractivity contribution in [1.82, 2.24) is 14.6 Å². The minimum Gasteiger partial charge on any atom is -0.497 e. The molecule has 0 fully saturated rings. The molecule has 2 aromatic heterocycles. The van der Waals surface area contributed by atoms with Gasteiger partial charge in [-0.15, -0.1) is 0 Å². The molecule has 0 amide bonds. The molecular weight excluding hydrogens is 396 g/mol. The Bertz CT molecular complexity index is 1140. The topological polar surface area (TPSA) is 89.2 Å². The molecule has 0 aliphatic heterocycles. The fraction of sp³-hybridized carbons (Fsp3) is 0.174. The SMILES string of the molecule is COc1ccc(CN(Cc2ccc(OC)cc2)c2ncnn3c(C(=O)O)ccc23)cc1. The number of fused-ring (bicyclic) bond motifs is 1. The molecule has 2 heterocycles. The Kier molecular flexibility index (Phi) is 5.70. The molecule has 2 aromatic carbocycles. The van der Waals surface area contributed by atoms with E-state index >= 15 is 0 Å². The van der Waals surface area contributed by atoms with Gasteiger partial charge in [0.25, 0.3) is 0 Å². The summed E-state index contributed by atoms with van der Waals surface area (Å²) in [6.45, 7) is 1.13. The molecule has 0 atom stereocenters. The number of rotatable bonds is 8. The van der Waals surface area contributed by atoms with Gasteiger partial charge in [-0.25, -0.2) is 14.3 Å². The predicted molar refractivity (Wildman–Crippen MR) is 116 cm³/mol. The molecule has 0 aliphatic rings. The number of carbonyl (C=O) groups is 1. The van der Waals surface area contributed by atoms with Crippen LogP contribution in [0, 0.1) is 0 Å². The summed E-state index contributed by atoms with van der Waals surface area (Å²) >= 11 is 0. The maximum absolute atomic E-state index is 11.5. The van der Waals surface area contributed by atoms with E-state index in [1.54, 1.807) is 20.3 Å². The number of anilines is 1. The Morgan fingerprint density at radius 2 is 1.45 bits per heavy atom. The Morgan fingerprint density at radius 3 is 1.94 bits per heavy atom. The summed E-state index contributed by atoms with van der Waals surface area (Å²) in [6, 6.07) is 18.9. The van der Waals surface area contributed by atoms with Crippen molar-refractivity contribution < 1.29 is 19.4 Å². The van der Waals surface area contributed by atoms with Crippen LogP contribution in [0.4, 0.5) is 5.82 Å². The van der Waals surface area contributed by atoms with Crippen LogP contribution >= 0.6 is 0 Å². The van der Waals surface area contributed by atoms with Gasteiger partial charge in [-0.05, 0) is 47.5 Å². The highest BCUT2D eigenvalue weighted by molar-refractivity contribution is 5.88. The summed E-state index contributed by atoms with van der Waals surface area (Å²) in [4.78, 5) is 18.1. The van der Waals surface area contributed by atoms with Crippen molar-refractivity contribution in [2.45, 2.75) is 13.1 Å². The summed E-state index contributed by atoms with van der Waals surface area (Å²) in [5, 5.41) is 13.6. The summed E-state index contributed by atoms with van der Waals surface area (Å²) in [5.74, 6) is 1.18. The average Bonchev–Trinajstić information content (AvgIpc) is 3.24. The number of aromatic nitrogens is 3. The third-order valence-corrected chi connectivity index (χ3v) is 5.02. The number of carboxylic acid groups (broad SMARTS) is 1. The zero-order valence-electron chi connectivity index (χ0n) is 17.2. The smallest absolute Gasteiger partial charge is 0.354 e. The van der Waals surface area contributed by atoms with Gasteiger partial charge >= 0.3 is 5.97 Å². The lowest BCUT2D eigenvalue weighted by Crippen LogP contribution is -2.24. The van der Waals surface area contributed by atoms with E-state index in [1.807, 2.05) is 48.5 Å². The quantitative estimate of drug-likeness (QED) is 0.467. The average molecular weight is 418 g/mol. The highest BCUT2D eigenvalue weighted by Crippen LogP contribution is 2.25. The number of aromatic carboxylic acids is 1. The monoisotopic (exact) mass is 418 g/mol. The van der Waals surface area contributed by atoms with Crippen molar-refractivity contribution in [2.75, 3.05) is 19.1 Å². The largest absolute Gasteiger partial charge is 0.497 e. The number of hydrogen-bond donors (Lipinski definition) is 1. The number of methoxy groups -OCH3 is 2. The van der Waals surface area contributed by atoms with Crippen molar-refractivity contribution in [3.63, 3.8) is 0 Å². The van der Waals surface area contributed by atoms with E-state index in [4.69, 9.17) is 9.47 Å². The minimum atomic E-state index is -1.04. The molecule has 0 saturated carbocycles. The molecule has 0 radical (unpaired) electrons. The Labute approximate surface area is 179 Å². The molecule has 0 bridgehead atoms. The summed E-state index contributed by atoms with van der Waals surface area (Å²) in [6.07, 6.45) is 1.38. The Hall–Kier alpha value is -4.07. The first-order valence-corrected chi connectivity index (χ1v) is 9.66. The first-order chi connectivity index (χ1) is 15.1. The van der Waals surface area contributed by atoms with Gasteiger partial charge in [0, 0.05) is 13.1 Å². The molecule has 158 valence electrons. The van der Waals surface area contributed by atoms with Crippen LogP contribution < -0.4 is 14.4 Å². The molecule has 8 heteroatoms. The molecule has 0 saturated heterocycles. The van der Waals surface area contributed by atoms with Gasteiger partial charge in [0.05, 0.1) is 14.2 Å². The molecule has 0 unspecified atom stereocenters. The van der Waals surface area contributed by atoms with Crippen LogP contribution in [-0.2, 0) is 13.1 Å². The molecule has 0 spiro atoms. The molecule has 1 N–H and O–H groups in total. The van der Waals surface area contributed by atoms with E-state index in [-0.39, 0.29) is 5.69 Å². The third-order valence-electron chi connectivity index (χ3n) is 5.02. The number of benzene rings is 2. The molecule has 0 aliphatic carbocycles. The number of carboxylic acids is 1. The fourth-order valence-electron chi connectivity index (χ4n) is 3.43. The lowest BCUT2D eigenvalue weighted by atomic mass is 10.1. The summed E-state index contributed by atoms with van der Waals surface area (Å²) in [5.41, 5.74) is 2.85. The highest BCUT2D eigenvalue weighted by Gasteiger charge is 2.18. The van der Waals surface area contributed by atoms with Crippen molar-refractivity contribution in [3.05, 3.63) is 83.8 Å². The predicted octanol–water partition coefficient (Wildman–Crippen LogP) is 3.65. The van der Waals surface area contributed by atoms with E-state index < -0.39 is 5.97 Å². The zero-order chi connectivity index (χ0) is 21.8. The van der Waals surface area contributed by atoms with Crippen LogP contribution in [0.3, 0.4) is 0 Å². The van der Waals surface area contributed by atoms with Crippen LogP contribution in [0.5, 0.6) is 11.5 Å². The van der Waals surface area contributed by atoms with Gasteiger partial charge in [0.1, 0.15) is 23.3 Å². The van der Waals surface area contributed by atoms with Gasteiger partial charge in [-0.3, -0.25) is 0 Å². The summed E-state index contributed by atoms with van der Waals surface area (Å²) < 4.78 is 11.9. The van der Waals surface area contributed by atoms with E-state index in [0.717, 1.165) is 22.6 Å². The van der Waals surface area contributed by atoms with Gasteiger partial charge in [0.15, 0.2) is 11.5 Å². The lowest BCUT2D eigenvalue weighted by Gasteiger charge is -2.25. The Balaban J connectivity index is 1.73. The van der Waals surface area contributed by atoms with E-state index in [2.05, 4.69) is 15.0 Å². The maximum Gasteiger partial charge on any atom is 0.354 e. The van der Waals surface area contributed by atoms with E-state index in [1.165, 1.54) is 16.9 Å². The van der Waals surface area contributed by atoms with Crippen LogP contribution in [-0.4, -0.2) is 39.9 Å². The van der Waals surface area contributed by atoms with Crippen molar-refractivity contribution in [3.8, 4) is 11.5 Å². The van der Waals surface area contributed by atoms with E-state index in [0.29, 0.717) is 24.4 Å². The maximum atomic E-state index is 11.5. The molecule has 4 rings (SSSR count). The third kappa shape index (κ3) is 4.28. The lowest BCUT2D eigenvalue weighted by molar-refractivity contribution is 0.0688. The van der Waals surface area contributed by atoms with Crippen LogP contribution in [0.1, 0.15) is 21.6 Å². The standard InChI is InChI=1S/C23H22N4O4/c1-30-18-7-3-16(4-8-18)13-26(14-17-5-9-19(31-2)10-6-17)22-20-11-12-21(23(28)29)27(20)25-15-24-22/h3-12,15H,13-14H2,1-2H3,(H,28,29). The van der Waals surface area contributed by atoms with Gasteiger partial charge in [-0.1, -0.05) is 24.3 Å². The Morgan fingerprint density at radius 1 is 0.903 bits per heavy atom. The normalized spacial score (nSPS) is 10.8. The number of ether oxygens (including phenoxy) is 2. The zero-order valence-corrected chi connectivity index (χ0v) is 17.2. The number of hydrogen-bond acceptors (Lipinski definition) is 6. The first kappa shape index (κ1) is 20.2. The van der Waals surface area contributed by atoms with Crippen LogP contribution in [0.25, 0.3) is 5.52 Å². The molecular formula is C23H22N4O4. The second-order valence-electron chi connectivity index (χ2n) is 6.96. The second kappa shape index (κ2) is 8.74. The fourth-order valence-corrected chi connectivity index (χ4v) is 3.43. The molecule has 31 heavy (non-hydrogen) atoms. The van der Waals surface area contributed by atoms with Gasteiger partial charge < -0.3 is 19.5 Å². The van der Waals surface area contributed by atoms with Crippen LogP contribution in [0.2, 0.25) is 0 Å². The van der Waals surface area contributed by atoms with E-state index in [9.17, 15) is 9.90 Å². The number of nitrogens with zero attached hydrogens (tertiary/aromatic N) is 4.